The fraction of sp³-hybridized carbons (Fsp3) is 0.263. The van der Waals surface area contributed by atoms with Crippen LogP contribution in [0.15, 0.2) is 56.1 Å². The van der Waals surface area contributed by atoms with Crippen molar-refractivity contribution in [2.24, 2.45) is 13.0 Å². The SMILES string of the molecule is Cn1c(=O)oc2cc(COC(=O)[C@@H]3C[C@H]3c3ccc(Br)cc3)ccc21. The number of halogens is 1. The molecule has 1 heterocycles. The molecule has 1 aliphatic rings. The van der Waals surface area contributed by atoms with Crippen molar-refractivity contribution in [2.75, 3.05) is 0 Å². The number of oxazole rings is 1. The molecule has 0 radical (unpaired) electrons. The van der Waals surface area contributed by atoms with E-state index < -0.39 is 5.76 Å². The van der Waals surface area contributed by atoms with Gasteiger partial charge in [-0.3, -0.25) is 9.36 Å². The minimum absolute atomic E-state index is 0.0698. The summed E-state index contributed by atoms with van der Waals surface area (Å²) < 4.78 is 13.1. The third-order valence-corrected chi connectivity index (χ3v) is 5.16. The molecule has 128 valence electrons. The van der Waals surface area contributed by atoms with Crippen LogP contribution in [0, 0.1) is 5.92 Å². The first-order chi connectivity index (χ1) is 12.0. The summed E-state index contributed by atoms with van der Waals surface area (Å²) in [5.41, 5.74) is 3.19. The molecule has 2 aromatic carbocycles. The third kappa shape index (κ3) is 3.14. The van der Waals surface area contributed by atoms with Gasteiger partial charge in [-0.15, -0.1) is 0 Å². The number of rotatable bonds is 4. The molecule has 0 spiro atoms. The number of hydrogen-bond donors (Lipinski definition) is 0. The Hall–Kier alpha value is -2.34. The highest BCUT2D eigenvalue weighted by atomic mass is 79.9. The minimum Gasteiger partial charge on any atom is -0.461 e. The van der Waals surface area contributed by atoms with E-state index in [-0.39, 0.29) is 24.4 Å². The van der Waals surface area contributed by atoms with Gasteiger partial charge in [0, 0.05) is 11.5 Å². The van der Waals surface area contributed by atoms with Crippen molar-refractivity contribution in [3.8, 4) is 0 Å². The lowest BCUT2D eigenvalue weighted by molar-refractivity contribution is -0.146. The fourth-order valence-corrected chi connectivity index (χ4v) is 3.33. The van der Waals surface area contributed by atoms with Crippen LogP contribution in [0.3, 0.4) is 0 Å². The van der Waals surface area contributed by atoms with E-state index in [0.29, 0.717) is 5.58 Å². The minimum atomic E-state index is -0.403. The Bertz CT molecular complexity index is 1000. The Balaban J connectivity index is 1.39. The molecule has 25 heavy (non-hydrogen) atoms. The number of fused-ring (bicyclic) bond motifs is 1. The number of aryl methyl sites for hydroxylation is 1. The maximum Gasteiger partial charge on any atom is 0.419 e. The van der Waals surface area contributed by atoms with Gasteiger partial charge in [0.05, 0.1) is 11.4 Å². The summed E-state index contributed by atoms with van der Waals surface area (Å²) in [6.07, 6.45) is 0.826. The summed E-state index contributed by atoms with van der Waals surface area (Å²) in [4.78, 5) is 23.8. The molecule has 1 aromatic heterocycles. The summed E-state index contributed by atoms with van der Waals surface area (Å²) in [6.45, 7) is 0.178. The third-order valence-electron chi connectivity index (χ3n) is 4.63. The first-order valence-corrected chi connectivity index (χ1v) is 8.83. The fourth-order valence-electron chi connectivity index (χ4n) is 3.06. The van der Waals surface area contributed by atoms with Gasteiger partial charge < -0.3 is 9.15 Å². The molecule has 0 bridgehead atoms. The lowest BCUT2D eigenvalue weighted by Gasteiger charge is -2.05. The van der Waals surface area contributed by atoms with E-state index in [1.54, 1.807) is 19.2 Å². The van der Waals surface area contributed by atoms with Crippen molar-refractivity contribution < 1.29 is 13.9 Å². The molecule has 0 amide bonds. The average molecular weight is 402 g/mol. The van der Waals surface area contributed by atoms with Crippen LogP contribution in [-0.4, -0.2) is 10.5 Å². The Kier molecular flexibility index (Phi) is 4.00. The van der Waals surface area contributed by atoms with Crippen molar-refractivity contribution in [2.45, 2.75) is 18.9 Å². The summed E-state index contributed by atoms with van der Waals surface area (Å²) in [5.74, 6) is -0.406. The van der Waals surface area contributed by atoms with Gasteiger partial charge in [-0.2, -0.15) is 0 Å². The highest BCUT2D eigenvalue weighted by Crippen LogP contribution is 2.48. The van der Waals surface area contributed by atoms with Gasteiger partial charge in [0.1, 0.15) is 6.61 Å². The standard InChI is InChI=1S/C19H16BrNO4/c1-21-16-7-2-11(8-17(16)25-19(21)23)10-24-18(22)15-9-14(15)12-3-5-13(20)6-4-12/h2-8,14-15H,9-10H2,1H3/t14-,15+/m0/s1. The molecule has 2 atom stereocenters. The highest BCUT2D eigenvalue weighted by molar-refractivity contribution is 9.10. The molecule has 0 unspecified atom stereocenters. The van der Waals surface area contributed by atoms with Crippen LogP contribution in [0.1, 0.15) is 23.5 Å². The quantitative estimate of drug-likeness (QED) is 0.624. The topological polar surface area (TPSA) is 61.4 Å². The van der Waals surface area contributed by atoms with Crippen LogP contribution in [-0.2, 0) is 23.2 Å². The predicted octanol–water partition coefficient (Wildman–Crippen LogP) is 3.74. The lowest BCUT2D eigenvalue weighted by atomic mass is 10.1. The van der Waals surface area contributed by atoms with Crippen molar-refractivity contribution in [1.82, 2.24) is 4.57 Å². The number of benzene rings is 2. The number of ether oxygens (including phenoxy) is 1. The first kappa shape index (κ1) is 16.1. The molecule has 1 saturated carbocycles. The Morgan fingerprint density at radius 1 is 1.28 bits per heavy atom. The number of carbonyl (C=O) groups excluding carboxylic acids is 1. The van der Waals surface area contributed by atoms with Crippen LogP contribution < -0.4 is 5.76 Å². The molecule has 5 nitrogen and oxygen atoms in total. The van der Waals surface area contributed by atoms with E-state index >= 15 is 0 Å². The molecular weight excluding hydrogens is 386 g/mol. The van der Waals surface area contributed by atoms with Gasteiger partial charge in [-0.1, -0.05) is 34.1 Å². The number of esters is 1. The molecule has 3 aromatic rings. The first-order valence-electron chi connectivity index (χ1n) is 8.03. The van der Waals surface area contributed by atoms with Gasteiger partial charge in [-0.25, -0.2) is 4.79 Å². The summed E-state index contributed by atoms with van der Waals surface area (Å²) in [5, 5.41) is 0. The number of carbonyl (C=O) groups is 1. The Morgan fingerprint density at radius 3 is 2.80 bits per heavy atom. The van der Waals surface area contributed by atoms with Gasteiger partial charge >= 0.3 is 11.7 Å². The molecule has 0 aliphatic heterocycles. The zero-order chi connectivity index (χ0) is 17.6. The van der Waals surface area contributed by atoms with Gasteiger partial charge in [0.2, 0.25) is 0 Å². The highest BCUT2D eigenvalue weighted by Gasteiger charge is 2.45. The average Bonchev–Trinajstić information content (AvgIpc) is 3.35. The van der Waals surface area contributed by atoms with Crippen LogP contribution >= 0.6 is 15.9 Å². The zero-order valence-electron chi connectivity index (χ0n) is 13.6. The second-order valence-electron chi connectivity index (χ2n) is 6.34. The van der Waals surface area contributed by atoms with Crippen molar-refractivity contribution in [3.05, 3.63) is 68.6 Å². The smallest absolute Gasteiger partial charge is 0.419 e. The van der Waals surface area contributed by atoms with Gasteiger partial charge in [0.15, 0.2) is 5.58 Å². The van der Waals surface area contributed by atoms with Crippen molar-refractivity contribution in [3.63, 3.8) is 0 Å². The molecule has 0 saturated heterocycles. The van der Waals surface area contributed by atoms with E-state index in [0.717, 1.165) is 27.5 Å². The van der Waals surface area contributed by atoms with Crippen LogP contribution in [0.25, 0.3) is 11.1 Å². The Morgan fingerprint density at radius 2 is 2.04 bits per heavy atom. The summed E-state index contributed by atoms with van der Waals surface area (Å²) in [7, 11) is 1.66. The van der Waals surface area contributed by atoms with E-state index in [2.05, 4.69) is 15.9 Å². The maximum atomic E-state index is 12.2. The number of nitrogens with zero attached hydrogens (tertiary/aromatic N) is 1. The maximum absolute atomic E-state index is 12.2. The normalized spacial score (nSPS) is 19.1. The van der Waals surface area contributed by atoms with Crippen molar-refractivity contribution >= 4 is 33.0 Å². The summed E-state index contributed by atoms with van der Waals surface area (Å²) in [6, 6.07) is 13.4. The zero-order valence-corrected chi connectivity index (χ0v) is 15.2. The second-order valence-corrected chi connectivity index (χ2v) is 7.25. The number of hydrogen-bond acceptors (Lipinski definition) is 4. The van der Waals surface area contributed by atoms with E-state index in [9.17, 15) is 9.59 Å². The van der Waals surface area contributed by atoms with Crippen LogP contribution in [0.2, 0.25) is 0 Å². The van der Waals surface area contributed by atoms with Crippen molar-refractivity contribution in [1.29, 1.82) is 0 Å². The van der Waals surface area contributed by atoms with E-state index in [1.807, 2.05) is 30.3 Å². The molecular formula is C19H16BrNO4. The molecule has 6 heteroatoms. The van der Waals surface area contributed by atoms with Gasteiger partial charge in [-0.05, 0) is 47.7 Å². The van der Waals surface area contributed by atoms with Crippen LogP contribution in [0.4, 0.5) is 0 Å². The second kappa shape index (κ2) is 6.19. The predicted molar refractivity (Wildman–Crippen MR) is 96.2 cm³/mol. The molecule has 4 rings (SSSR count). The van der Waals surface area contributed by atoms with Crippen LogP contribution in [0.5, 0.6) is 0 Å². The molecule has 1 aliphatic carbocycles. The van der Waals surface area contributed by atoms with E-state index in [1.165, 1.54) is 4.57 Å². The van der Waals surface area contributed by atoms with E-state index in [4.69, 9.17) is 9.15 Å². The largest absolute Gasteiger partial charge is 0.461 e. The lowest BCUT2D eigenvalue weighted by Crippen LogP contribution is -2.08. The number of aromatic nitrogens is 1. The van der Waals surface area contributed by atoms with Gasteiger partial charge in [0.25, 0.3) is 0 Å². The monoisotopic (exact) mass is 401 g/mol. The molecule has 1 fully saturated rings. The summed E-state index contributed by atoms with van der Waals surface area (Å²) >= 11 is 3.41. The molecule has 0 N–H and O–H groups in total. The Labute approximate surface area is 152 Å².